The Labute approximate surface area is 168 Å². The predicted octanol–water partition coefficient (Wildman–Crippen LogP) is 2.47. The first-order valence-corrected chi connectivity index (χ1v) is 9.92. The van der Waals surface area contributed by atoms with Gasteiger partial charge >= 0.3 is 0 Å². The van der Waals surface area contributed by atoms with E-state index in [0.29, 0.717) is 49.2 Å². The van der Waals surface area contributed by atoms with Gasteiger partial charge in [0, 0.05) is 38.1 Å². The molecule has 0 aliphatic carbocycles. The molecule has 1 amide bonds. The lowest BCUT2D eigenvalue weighted by Gasteiger charge is -2.36. The van der Waals surface area contributed by atoms with Crippen LogP contribution in [-0.2, 0) is 6.54 Å². The van der Waals surface area contributed by atoms with E-state index in [-0.39, 0.29) is 17.2 Å². The molecule has 0 bridgehead atoms. The summed E-state index contributed by atoms with van der Waals surface area (Å²) in [5, 5.41) is 15.6. The fourth-order valence-electron chi connectivity index (χ4n) is 3.79. The van der Waals surface area contributed by atoms with Gasteiger partial charge < -0.3 is 14.9 Å². The minimum atomic E-state index is -0.164. The highest BCUT2D eigenvalue weighted by Crippen LogP contribution is 2.27. The fraction of sp³-hybridized carbons (Fsp3) is 0.318. The molecule has 0 atom stereocenters. The topological polar surface area (TPSA) is 78.7 Å². The molecule has 4 rings (SSSR count). The van der Waals surface area contributed by atoms with Crippen LogP contribution in [0.4, 0.5) is 5.69 Å². The quantitative estimate of drug-likeness (QED) is 0.738. The third kappa shape index (κ3) is 3.55. The zero-order valence-electron chi connectivity index (χ0n) is 16.4. The molecule has 7 heteroatoms. The van der Waals surface area contributed by atoms with Crippen LogP contribution in [0.25, 0.3) is 10.8 Å². The van der Waals surface area contributed by atoms with Crippen LogP contribution < -0.4 is 10.5 Å². The number of nitrogens with zero attached hydrogens (tertiary/aromatic N) is 4. The van der Waals surface area contributed by atoms with E-state index in [9.17, 15) is 14.7 Å². The Morgan fingerprint density at radius 2 is 1.66 bits per heavy atom. The van der Waals surface area contributed by atoms with E-state index >= 15 is 0 Å². The van der Waals surface area contributed by atoms with Gasteiger partial charge in [-0.3, -0.25) is 9.59 Å². The lowest BCUT2D eigenvalue weighted by atomic mass is 10.1. The molecule has 29 heavy (non-hydrogen) atoms. The number of aromatic nitrogens is 2. The summed E-state index contributed by atoms with van der Waals surface area (Å²) in [6, 6.07) is 14.4. The molecule has 1 aromatic heterocycles. The molecule has 1 saturated heterocycles. The number of aryl methyl sites for hydroxylation is 1. The first-order chi connectivity index (χ1) is 14.1. The van der Waals surface area contributed by atoms with Crippen LogP contribution in [0.1, 0.15) is 23.8 Å². The predicted molar refractivity (Wildman–Crippen MR) is 113 cm³/mol. The van der Waals surface area contributed by atoms with Gasteiger partial charge in [0.05, 0.1) is 11.1 Å². The largest absolute Gasteiger partial charge is 0.506 e. The highest BCUT2D eigenvalue weighted by atomic mass is 16.3. The van der Waals surface area contributed by atoms with E-state index in [0.717, 1.165) is 12.1 Å². The van der Waals surface area contributed by atoms with Gasteiger partial charge in [-0.1, -0.05) is 37.3 Å². The van der Waals surface area contributed by atoms with Gasteiger partial charge in [0.25, 0.3) is 11.5 Å². The van der Waals surface area contributed by atoms with Crippen molar-refractivity contribution in [2.75, 3.05) is 31.1 Å². The van der Waals surface area contributed by atoms with Gasteiger partial charge in [0.15, 0.2) is 5.69 Å². The van der Waals surface area contributed by atoms with Gasteiger partial charge in [-0.2, -0.15) is 5.10 Å². The molecule has 3 aromatic rings. The molecule has 1 aliphatic rings. The van der Waals surface area contributed by atoms with Crippen molar-refractivity contribution < 1.29 is 9.90 Å². The number of amides is 1. The lowest BCUT2D eigenvalue weighted by Crippen LogP contribution is -2.49. The van der Waals surface area contributed by atoms with Gasteiger partial charge in [-0.25, -0.2) is 4.68 Å². The number of hydrogen-bond acceptors (Lipinski definition) is 5. The Morgan fingerprint density at radius 3 is 2.34 bits per heavy atom. The molecular weight excluding hydrogens is 368 g/mol. The van der Waals surface area contributed by atoms with E-state index in [1.165, 1.54) is 4.68 Å². The second-order valence-corrected chi connectivity index (χ2v) is 7.19. The number of aromatic hydroxyl groups is 1. The van der Waals surface area contributed by atoms with Crippen LogP contribution >= 0.6 is 0 Å². The molecular formula is C22H24N4O3. The number of hydrogen-bond donors (Lipinski definition) is 1. The number of benzene rings is 2. The fourth-order valence-corrected chi connectivity index (χ4v) is 3.79. The Bertz CT molecular complexity index is 1100. The van der Waals surface area contributed by atoms with Crippen molar-refractivity contribution in [2.24, 2.45) is 0 Å². The average Bonchev–Trinajstić information content (AvgIpc) is 2.76. The molecule has 150 valence electrons. The third-order valence-electron chi connectivity index (χ3n) is 5.30. The first-order valence-electron chi connectivity index (χ1n) is 9.92. The number of piperazine rings is 1. The van der Waals surface area contributed by atoms with Crippen LogP contribution in [0.2, 0.25) is 0 Å². The van der Waals surface area contributed by atoms with Gasteiger partial charge in [-0.15, -0.1) is 0 Å². The van der Waals surface area contributed by atoms with Crippen molar-refractivity contribution in [1.29, 1.82) is 0 Å². The Kier molecular flexibility index (Phi) is 5.20. The zero-order chi connectivity index (χ0) is 20.4. The summed E-state index contributed by atoms with van der Waals surface area (Å²) in [5.74, 6) is 0.0783. The summed E-state index contributed by atoms with van der Waals surface area (Å²) in [6.45, 7) is 4.74. The highest BCUT2D eigenvalue weighted by Gasteiger charge is 2.26. The number of fused-ring (bicyclic) bond motifs is 1. The van der Waals surface area contributed by atoms with Crippen molar-refractivity contribution >= 4 is 22.4 Å². The summed E-state index contributed by atoms with van der Waals surface area (Å²) >= 11 is 0. The van der Waals surface area contributed by atoms with Crippen LogP contribution in [0.3, 0.4) is 0 Å². The number of rotatable bonds is 4. The van der Waals surface area contributed by atoms with Crippen LogP contribution in [0.15, 0.2) is 53.3 Å². The van der Waals surface area contributed by atoms with Crippen molar-refractivity contribution in [3.05, 3.63) is 64.6 Å². The number of carbonyl (C=O) groups excluding carboxylic acids is 1. The van der Waals surface area contributed by atoms with Crippen molar-refractivity contribution in [1.82, 2.24) is 14.7 Å². The molecule has 2 heterocycles. The second-order valence-electron chi connectivity index (χ2n) is 7.19. The number of phenolic OH excluding ortho intramolecular Hbond substituents is 1. The molecule has 1 fully saturated rings. The summed E-state index contributed by atoms with van der Waals surface area (Å²) < 4.78 is 1.40. The molecule has 2 aromatic carbocycles. The summed E-state index contributed by atoms with van der Waals surface area (Å²) in [6.07, 6.45) is 0.762. The maximum atomic E-state index is 13.3. The lowest BCUT2D eigenvalue weighted by molar-refractivity contribution is 0.0740. The Morgan fingerprint density at radius 1 is 1.00 bits per heavy atom. The maximum absolute atomic E-state index is 13.3. The van der Waals surface area contributed by atoms with E-state index in [1.54, 1.807) is 35.2 Å². The third-order valence-corrected chi connectivity index (χ3v) is 5.30. The maximum Gasteiger partial charge on any atom is 0.275 e. The number of anilines is 1. The first kappa shape index (κ1) is 19.0. The monoisotopic (exact) mass is 392 g/mol. The standard InChI is InChI=1S/C22H24N4O3/c1-2-11-26-21(28)17-8-4-3-7-16(17)20(23-26)22(29)25-14-12-24(13-15-25)18-9-5-6-10-19(18)27/h3-10,27H,2,11-15H2,1H3. The van der Waals surface area contributed by atoms with E-state index in [2.05, 4.69) is 10.00 Å². The number of para-hydroxylation sites is 2. The summed E-state index contributed by atoms with van der Waals surface area (Å²) in [7, 11) is 0. The van der Waals surface area contributed by atoms with Gasteiger partial charge in [0.1, 0.15) is 5.75 Å². The van der Waals surface area contributed by atoms with E-state index in [4.69, 9.17) is 0 Å². The Hall–Kier alpha value is -3.35. The summed E-state index contributed by atoms with van der Waals surface area (Å²) in [4.78, 5) is 29.8. The Balaban J connectivity index is 1.61. The van der Waals surface area contributed by atoms with Crippen molar-refractivity contribution in [2.45, 2.75) is 19.9 Å². The molecule has 1 N–H and O–H groups in total. The smallest absolute Gasteiger partial charge is 0.275 e. The molecule has 0 spiro atoms. The number of carbonyl (C=O) groups is 1. The van der Waals surface area contributed by atoms with E-state index in [1.807, 2.05) is 25.1 Å². The average molecular weight is 392 g/mol. The molecule has 0 unspecified atom stereocenters. The minimum Gasteiger partial charge on any atom is -0.506 e. The van der Waals surface area contributed by atoms with Gasteiger partial charge in [0.2, 0.25) is 0 Å². The van der Waals surface area contributed by atoms with Crippen molar-refractivity contribution in [3.8, 4) is 5.75 Å². The highest BCUT2D eigenvalue weighted by molar-refractivity contribution is 6.04. The molecule has 0 saturated carbocycles. The van der Waals surface area contributed by atoms with Crippen LogP contribution in [-0.4, -0.2) is 51.9 Å². The van der Waals surface area contributed by atoms with Gasteiger partial charge in [-0.05, 0) is 24.6 Å². The summed E-state index contributed by atoms with van der Waals surface area (Å²) in [5.41, 5.74) is 0.938. The zero-order valence-corrected chi connectivity index (χ0v) is 16.4. The normalized spacial score (nSPS) is 14.4. The minimum absolute atomic E-state index is 0.164. The number of phenols is 1. The second kappa shape index (κ2) is 7.95. The molecule has 1 aliphatic heterocycles. The molecule has 7 nitrogen and oxygen atoms in total. The molecule has 0 radical (unpaired) electrons. The van der Waals surface area contributed by atoms with E-state index < -0.39 is 0 Å². The van der Waals surface area contributed by atoms with Crippen LogP contribution in [0.5, 0.6) is 5.75 Å². The van der Waals surface area contributed by atoms with Crippen LogP contribution in [0, 0.1) is 0 Å². The SMILES string of the molecule is CCCn1nc(C(=O)N2CCN(c3ccccc3O)CC2)c2ccccc2c1=O. The van der Waals surface area contributed by atoms with Crippen molar-refractivity contribution in [3.63, 3.8) is 0 Å².